The average Bonchev–Trinajstić information content (AvgIpc) is 2.66. The Bertz CT molecular complexity index is 526. The molecule has 0 aromatic carbocycles. The van der Waals surface area contributed by atoms with Crippen molar-refractivity contribution in [2.45, 2.75) is 25.6 Å². The van der Waals surface area contributed by atoms with Gasteiger partial charge in [0.2, 0.25) is 0 Å². The van der Waals surface area contributed by atoms with Gasteiger partial charge in [-0.1, -0.05) is 0 Å². The Balaban J connectivity index is 1.50. The fourth-order valence-corrected chi connectivity index (χ4v) is 3.33. The predicted molar refractivity (Wildman–Crippen MR) is 62.0 cm³/mol. The van der Waals surface area contributed by atoms with Crippen molar-refractivity contribution in [1.82, 2.24) is 14.7 Å². The zero-order valence-corrected chi connectivity index (χ0v) is 10.6. The van der Waals surface area contributed by atoms with Crippen LogP contribution >= 0.6 is 0 Å². The Kier molecular flexibility index (Phi) is 2.74. The first-order chi connectivity index (χ1) is 9.27. The Morgan fingerprint density at radius 1 is 1.45 bits per heavy atom. The molecule has 1 aliphatic carbocycles. The lowest BCUT2D eigenvalue weighted by molar-refractivity contribution is -0.141. The van der Waals surface area contributed by atoms with Crippen LogP contribution in [0.2, 0.25) is 0 Å². The lowest BCUT2D eigenvalue weighted by atomic mass is 9.58. The number of halogens is 3. The van der Waals surface area contributed by atoms with Crippen LogP contribution in [0.25, 0.3) is 0 Å². The van der Waals surface area contributed by atoms with Crippen molar-refractivity contribution in [2.24, 2.45) is 11.3 Å². The van der Waals surface area contributed by atoms with Crippen molar-refractivity contribution in [2.75, 3.05) is 13.1 Å². The van der Waals surface area contributed by atoms with Gasteiger partial charge in [0, 0.05) is 31.2 Å². The molecule has 20 heavy (non-hydrogen) atoms. The summed E-state index contributed by atoms with van der Waals surface area (Å²) in [5, 5.41) is 12.3. The van der Waals surface area contributed by atoms with Gasteiger partial charge in [0.05, 0.1) is 0 Å². The summed E-state index contributed by atoms with van der Waals surface area (Å²) in [7, 11) is 0. The molecule has 1 aromatic rings. The van der Waals surface area contributed by atoms with Gasteiger partial charge >= 0.3 is 12.3 Å². The fourth-order valence-electron chi connectivity index (χ4n) is 3.33. The van der Waals surface area contributed by atoms with Gasteiger partial charge < -0.3 is 10.0 Å². The quantitative estimate of drug-likeness (QED) is 0.908. The third-order valence-corrected chi connectivity index (χ3v) is 4.14. The molecular weight excluding hydrogens is 275 g/mol. The topological polar surface area (TPSA) is 58.4 Å². The van der Waals surface area contributed by atoms with Crippen LogP contribution in [0, 0.1) is 11.3 Å². The summed E-state index contributed by atoms with van der Waals surface area (Å²) in [5.74, 6) is 0.284. The second-order valence-electron chi connectivity index (χ2n) is 5.83. The third kappa shape index (κ3) is 2.23. The number of nitrogens with zero attached hydrogens (tertiary/aromatic N) is 3. The van der Waals surface area contributed by atoms with Gasteiger partial charge in [-0.25, -0.2) is 4.79 Å². The number of aromatic nitrogens is 2. The highest BCUT2D eigenvalue weighted by Crippen LogP contribution is 2.52. The summed E-state index contributed by atoms with van der Waals surface area (Å²) in [6.07, 6.45) is -2.24. The van der Waals surface area contributed by atoms with Crippen molar-refractivity contribution >= 4 is 6.09 Å². The number of carboxylic acid groups (broad SMARTS) is 1. The highest BCUT2D eigenvalue weighted by atomic mass is 19.4. The van der Waals surface area contributed by atoms with Crippen molar-refractivity contribution < 1.29 is 23.1 Å². The van der Waals surface area contributed by atoms with Crippen molar-refractivity contribution in [3.63, 3.8) is 0 Å². The molecule has 8 heteroatoms. The standard InChI is InChI=1S/C12H14F3N3O2/c13-12(14,15)9-1-2-18(16-9)5-8-3-11(4-8)6-17(7-11)10(19)20/h1-2,8H,3-7H2,(H,19,20). The minimum Gasteiger partial charge on any atom is -0.465 e. The SMILES string of the molecule is O=C(O)N1CC2(CC(Cn3ccc(C(F)(F)F)n3)C2)C1. The molecule has 110 valence electrons. The van der Waals surface area contributed by atoms with Gasteiger partial charge in [-0.3, -0.25) is 4.68 Å². The van der Waals surface area contributed by atoms with E-state index in [0.717, 1.165) is 18.9 Å². The molecule has 1 saturated heterocycles. The number of likely N-dealkylation sites (tertiary alicyclic amines) is 1. The molecule has 0 atom stereocenters. The maximum atomic E-state index is 12.4. The molecule has 1 saturated carbocycles. The zero-order chi connectivity index (χ0) is 14.5. The Morgan fingerprint density at radius 2 is 2.10 bits per heavy atom. The van der Waals surface area contributed by atoms with Gasteiger partial charge in [0.25, 0.3) is 0 Å². The molecule has 0 radical (unpaired) electrons. The summed E-state index contributed by atoms with van der Waals surface area (Å²) >= 11 is 0. The molecule has 1 N–H and O–H groups in total. The van der Waals surface area contributed by atoms with Crippen LogP contribution in [-0.2, 0) is 12.7 Å². The Morgan fingerprint density at radius 3 is 2.60 bits per heavy atom. The van der Waals surface area contributed by atoms with Gasteiger partial charge in [-0.2, -0.15) is 18.3 Å². The van der Waals surface area contributed by atoms with Crippen LogP contribution in [0.4, 0.5) is 18.0 Å². The summed E-state index contributed by atoms with van der Waals surface area (Å²) in [4.78, 5) is 12.1. The molecule has 5 nitrogen and oxygen atoms in total. The first kappa shape index (κ1) is 13.3. The number of hydrogen-bond acceptors (Lipinski definition) is 2. The molecule has 2 aliphatic rings. The molecule has 1 aliphatic heterocycles. The average molecular weight is 289 g/mol. The predicted octanol–water partition coefficient (Wildman–Crippen LogP) is 2.29. The van der Waals surface area contributed by atoms with E-state index in [-0.39, 0.29) is 11.3 Å². The van der Waals surface area contributed by atoms with Gasteiger partial charge in [-0.15, -0.1) is 0 Å². The second kappa shape index (κ2) is 4.13. The molecule has 3 rings (SSSR count). The first-order valence-corrected chi connectivity index (χ1v) is 6.36. The minimum atomic E-state index is -4.40. The van der Waals surface area contributed by atoms with Crippen LogP contribution < -0.4 is 0 Å². The van der Waals surface area contributed by atoms with E-state index in [4.69, 9.17) is 5.11 Å². The molecule has 1 aromatic heterocycles. The summed E-state index contributed by atoms with van der Waals surface area (Å²) < 4.78 is 38.5. The number of hydrogen-bond donors (Lipinski definition) is 1. The maximum absolute atomic E-state index is 12.4. The largest absolute Gasteiger partial charge is 0.465 e. The Labute approximate surface area is 113 Å². The minimum absolute atomic E-state index is 0.0725. The molecular formula is C12H14F3N3O2. The van der Waals surface area contributed by atoms with E-state index in [1.54, 1.807) is 0 Å². The van der Waals surface area contributed by atoms with Crippen LogP contribution in [0.1, 0.15) is 18.5 Å². The Hall–Kier alpha value is -1.73. The van der Waals surface area contributed by atoms with Crippen molar-refractivity contribution in [3.05, 3.63) is 18.0 Å². The van der Waals surface area contributed by atoms with Gasteiger partial charge in [0.15, 0.2) is 5.69 Å². The lowest BCUT2D eigenvalue weighted by Crippen LogP contribution is -2.63. The highest BCUT2D eigenvalue weighted by Gasteiger charge is 2.53. The summed E-state index contributed by atoms with van der Waals surface area (Å²) in [5.41, 5.74) is -0.796. The number of carbonyl (C=O) groups is 1. The summed E-state index contributed by atoms with van der Waals surface area (Å²) in [6.45, 7) is 1.56. The molecule has 1 spiro atoms. The maximum Gasteiger partial charge on any atom is 0.435 e. The number of alkyl halides is 3. The van der Waals surface area contributed by atoms with Crippen LogP contribution in [0.5, 0.6) is 0 Å². The molecule has 1 amide bonds. The molecule has 2 fully saturated rings. The van der Waals surface area contributed by atoms with Crippen LogP contribution in [-0.4, -0.2) is 39.0 Å². The van der Waals surface area contributed by atoms with E-state index < -0.39 is 18.0 Å². The second-order valence-corrected chi connectivity index (χ2v) is 5.83. The number of rotatable bonds is 2. The fraction of sp³-hybridized carbons (Fsp3) is 0.667. The first-order valence-electron chi connectivity index (χ1n) is 6.36. The molecule has 0 bridgehead atoms. The molecule has 2 heterocycles. The van der Waals surface area contributed by atoms with E-state index in [1.165, 1.54) is 15.8 Å². The third-order valence-electron chi connectivity index (χ3n) is 4.14. The van der Waals surface area contributed by atoms with E-state index >= 15 is 0 Å². The van der Waals surface area contributed by atoms with E-state index in [2.05, 4.69) is 5.10 Å². The lowest BCUT2D eigenvalue weighted by Gasteiger charge is -2.58. The smallest absolute Gasteiger partial charge is 0.435 e. The summed E-state index contributed by atoms with van der Waals surface area (Å²) in [6, 6.07) is 0.976. The van der Waals surface area contributed by atoms with Crippen LogP contribution in [0.15, 0.2) is 12.3 Å². The van der Waals surface area contributed by atoms with E-state index in [0.29, 0.717) is 19.6 Å². The van der Waals surface area contributed by atoms with Gasteiger partial charge in [-0.05, 0) is 24.8 Å². The van der Waals surface area contributed by atoms with E-state index in [1.807, 2.05) is 0 Å². The molecule has 0 unspecified atom stereocenters. The highest BCUT2D eigenvalue weighted by molar-refractivity contribution is 5.66. The number of amides is 1. The monoisotopic (exact) mass is 289 g/mol. The van der Waals surface area contributed by atoms with Crippen molar-refractivity contribution in [3.8, 4) is 0 Å². The normalized spacial score (nSPS) is 21.6. The zero-order valence-electron chi connectivity index (χ0n) is 10.6. The van der Waals surface area contributed by atoms with E-state index in [9.17, 15) is 18.0 Å². The van der Waals surface area contributed by atoms with Crippen molar-refractivity contribution in [1.29, 1.82) is 0 Å². The van der Waals surface area contributed by atoms with Gasteiger partial charge in [0.1, 0.15) is 0 Å². The van der Waals surface area contributed by atoms with Crippen LogP contribution in [0.3, 0.4) is 0 Å².